The van der Waals surface area contributed by atoms with Gasteiger partial charge in [-0.3, -0.25) is 0 Å². The molecule has 0 aliphatic carbocycles. The lowest BCUT2D eigenvalue weighted by molar-refractivity contribution is 0.961. The van der Waals surface area contributed by atoms with Gasteiger partial charge in [-0.1, -0.05) is 25.1 Å². The van der Waals surface area contributed by atoms with Crippen molar-refractivity contribution in [2.75, 3.05) is 0 Å². The summed E-state index contributed by atoms with van der Waals surface area (Å²) in [5, 5.41) is 9.78. The van der Waals surface area contributed by atoms with E-state index in [1.807, 2.05) is 31.2 Å². The van der Waals surface area contributed by atoms with E-state index in [9.17, 15) is 5.26 Å². The van der Waals surface area contributed by atoms with Crippen molar-refractivity contribution >= 4 is 22.7 Å². The Morgan fingerprint density at radius 2 is 1.86 bits per heavy atom. The van der Waals surface area contributed by atoms with E-state index in [2.05, 4.69) is 71.7 Å². The first-order valence-corrected chi connectivity index (χ1v) is 9.87. The molecule has 2 aromatic heterocycles. The predicted molar refractivity (Wildman–Crippen MR) is 119 cm³/mol. The number of rotatable bonds is 4. The van der Waals surface area contributed by atoms with Gasteiger partial charge >= 0.3 is 0 Å². The lowest BCUT2D eigenvalue weighted by Crippen LogP contribution is -1.99. The third kappa shape index (κ3) is 3.48. The molecule has 0 spiro atoms. The number of aryl methyl sites for hydroxylation is 3. The second-order valence-corrected chi connectivity index (χ2v) is 7.46. The summed E-state index contributed by atoms with van der Waals surface area (Å²) in [4.78, 5) is 7.89. The summed E-state index contributed by atoms with van der Waals surface area (Å²) in [5.74, 6) is 0.602. The van der Waals surface area contributed by atoms with Crippen LogP contribution >= 0.6 is 0 Å². The summed E-state index contributed by atoms with van der Waals surface area (Å²) < 4.78 is 2.22. The van der Waals surface area contributed by atoms with E-state index >= 15 is 0 Å². The highest BCUT2D eigenvalue weighted by molar-refractivity contribution is 5.91. The van der Waals surface area contributed by atoms with Crippen LogP contribution in [0.5, 0.6) is 0 Å². The zero-order valence-corrected chi connectivity index (χ0v) is 17.2. The Morgan fingerprint density at radius 3 is 2.55 bits per heavy atom. The minimum Gasteiger partial charge on any atom is -0.337 e. The maximum atomic E-state index is 9.78. The molecule has 0 fully saturated rings. The fourth-order valence-electron chi connectivity index (χ4n) is 3.77. The van der Waals surface area contributed by atoms with Crippen LogP contribution in [0.4, 0.5) is 0 Å². The molecule has 0 saturated heterocycles. The van der Waals surface area contributed by atoms with Crippen molar-refractivity contribution in [2.45, 2.75) is 34.1 Å². The minimum absolute atomic E-state index is 0.528. The zero-order valence-electron chi connectivity index (χ0n) is 17.2. The van der Waals surface area contributed by atoms with Gasteiger partial charge in [0.15, 0.2) is 0 Å². The van der Waals surface area contributed by atoms with Crippen molar-refractivity contribution in [2.24, 2.45) is 0 Å². The number of allylic oxidation sites excluding steroid dienone is 1. The number of fused-ring (bicyclic) bond motifs is 1. The van der Waals surface area contributed by atoms with Gasteiger partial charge in [0.1, 0.15) is 11.9 Å². The number of nitriles is 1. The van der Waals surface area contributed by atoms with E-state index in [-0.39, 0.29) is 0 Å². The fraction of sp³-hybridized carbons (Fsp3) is 0.200. The van der Waals surface area contributed by atoms with Crippen LogP contribution in [0.1, 0.15) is 40.8 Å². The van der Waals surface area contributed by atoms with E-state index in [1.165, 1.54) is 5.56 Å². The van der Waals surface area contributed by atoms with Crippen LogP contribution in [0.25, 0.3) is 28.4 Å². The topological polar surface area (TPSA) is 57.4 Å². The average molecular weight is 380 g/mol. The molecule has 0 aliphatic heterocycles. The van der Waals surface area contributed by atoms with Crippen LogP contribution in [-0.2, 0) is 6.42 Å². The summed E-state index contributed by atoms with van der Waals surface area (Å²) in [5.41, 5.74) is 9.22. The average Bonchev–Trinajstić information content (AvgIpc) is 3.26. The number of imidazole rings is 1. The second-order valence-electron chi connectivity index (χ2n) is 7.46. The Kier molecular flexibility index (Phi) is 4.82. The first-order chi connectivity index (χ1) is 14.0. The Hall–Kier alpha value is -3.58. The summed E-state index contributed by atoms with van der Waals surface area (Å²) in [6.07, 6.45) is 2.95. The van der Waals surface area contributed by atoms with E-state index < -0.39 is 0 Å². The van der Waals surface area contributed by atoms with Crippen molar-refractivity contribution in [3.8, 4) is 11.8 Å². The van der Waals surface area contributed by atoms with Crippen molar-refractivity contribution < 1.29 is 0 Å². The molecule has 2 aromatic carbocycles. The largest absolute Gasteiger partial charge is 0.337 e. The Labute approximate surface area is 171 Å². The number of aromatic amines is 1. The van der Waals surface area contributed by atoms with Gasteiger partial charge in [0, 0.05) is 17.1 Å². The van der Waals surface area contributed by atoms with Gasteiger partial charge in [0.05, 0.1) is 16.6 Å². The van der Waals surface area contributed by atoms with Crippen LogP contribution in [0.2, 0.25) is 0 Å². The molecular weight excluding hydrogens is 356 g/mol. The molecule has 0 saturated carbocycles. The number of benzene rings is 2. The summed E-state index contributed by atoms with van der Waals surface area (Å²) >= 11 is 0. The summed E-state index contributed by atoms with van der Waals surface area (Å²) in [7, 11) is 0. The van der Waals surface area contributed by atoms with Gasteiger partial charge in [0.25, 0.3) is 0 Å². The van der Waals surface area contributed by atoms with Gasteiger partial charge < -0.3 is 9.55 Å². The number of hydrogen-bond donors (Lipinski definition) is 1. The van der Waals surface area contributed by atoms with Crippen molar-refractivity contribution in [3.63, 3.8) is 0 Å². The van der Waals surface area contributed by atoms with Gasteiger partial charge in [-0.05, 0) is 80.3 Å². The molecule has 4 aromatic rings. The van der Waals surface area contributed by atoms with E-state index in [4.69, 9.17) is 0 Å². The van der Waals surface area contributed by atoms with Gasteiger partial charge in [-0.15, -0.1) is 0 Å². The smallest absolute Gasteiger partial charge is 0.149 e. The fourth-order valence-corrected chi connectivity index (χ4v) is 3.77. The first-order valence-electron chi connectivity index (χ1n) is 9.87. The third-order valence-corrected chi connectivity index (χ3v) is 5.39. The van der Waals surface area contributed by atoms with Crippen LogP contribution in [-0.4, -0.2) is 14.5 Å². The van der Waals surface area contributed by atoms with Crippen LogP contribution in [0.3, 0.4) is 0 Å². The third-order valence-electron chi connectivity index (χ3n) is 5.39. The Morgan fingerprint density at radius 1 is 1.10 bits per heavy atom. The molecule has 4 heteroatoms. The van der Waals surface area contributed by atoms with Crippen LogP contribution < -0.4 is 0 Å². The molecule has 0 atom stereocenters. The number of H-pyrrole nitrogens is 1. The molecule has 29 heavy (non-hydrogen) atoms. The standard InChI is InChI=1S/C25H24N4/c1-5-19-7-9-22(10-8-19)29-17(3)13-20(18(29)4)14-21(15-26)25-27-23-11-6-16(2)12-24(23)28-25/h6-14H,5H2,1-4H3,(H,27,28). The first kappa shape index (κ1) is 18.8. The molecule has 2 heterocycles. The number of aromatic nitrogens is 3. The van der Waals surface area contributed by atoms with Crippen LogP contribution in [0, 0.1) is 32.1 Å². The molecular formula is C25H24N4. The number of hydrogen-bond acceptors (Lipinski definition) is 2. The molecule has 0 aliphatic rings. The molecule has 4 rings (SSSR count). The molecule has 0 bridgehead atoms. The maximum absolute atomic E-state index is 9.78. The van der Waals surface area contributed by atoms with Gasteiger partial charge in [-0.25, -0.2) is 4.98 Å². The van der Waals surface area contributed by atoms with E-state index in [0.717, 1.165) is 45.7 Å². The van der Waals surface area contributed by atoms with Crippen LogP contribution in [0.15, 0.2) is 48.5 Å². The Balaban J connectivity index is 1.76. The Bertz CT molecular complexity index is 1260. The summed E-state index contributed by atoms with van der Waals surface area (Å²) in [6.45, 7) is 8.38. The summed E-state index contributed by atoms with van der Waals surface area (Å²) in [6, 6.07) is 19.1. The lowest BCUT2D eigenvalue weighted by Gasteiger charge is -2.10. The van der Waals surface area contributed by atoms with Crippen molar-refractivity contribution in [3.05, 3.63) is 82.4 Å². The maximum Gasteiger partial charge on any atom is 0.149 e. The zero-order chi connectivity index (χ0) is 20.5. The highest BCUT2D eigenvalue weighted by atomic mass is 15.0. The quantitative estimate of drug-likeness (QED) is 0.448. The molecule has 0 unspecified atom stereocenters. The molecule has 144 valence electrons. The van der Waals surface area contributed by atoms with E-state index in [0.29, 0.717) is 11.4 Å². The number of nitrogens with one attached hydrogen (secondary N) is 1. The van der Waals surface area contributed by atoms with Gasteiger partial charge in [0.2, 0.25) is 0 Å². The SMILES string of the molecule is CCc1ccc(-n2c(C)cc(C=C(C#N)c3nc4ccc(C)cc4[nH]3)c2C)cc1. The van der Waals surface area contributed by atoms with Crippen molar-refractivity contribution in [1.82, 2.24) is 14.5 Å². The van der Waals surface area contributed by atoms with E-state index in [1.54, 1.807) is 0 Å². The highest BCUT2D eigenvalue weighted by Gasteiger charge is 2.13. The minimum atomic E-state index is 0.528. The monoisotopic (exact) mass is 380 g/mol. The predicted octanol–water partition coefficient (Wildman–Crippen LogP) is 5.91. The lowest BCUT2D eigenvalue weighted by atomic mass is 10.1. The highest BCUT2D eigenvalue weighted by Crippen LogP contribution is 2.26. The van der Waals surface area contributed by atoms with Gasteiger partial charge in [-0.2, -0.15) is 5.26 Å². The normalized spacial score (nSPS) is 11.8. The molecule has 1 N–H and O–H groups in total. The molecule has 0 radical (unpaired) electrons. The van der Waals surface area contributed by atoms with Crippen molar-refractivity contribution in [1.29, 1.82) is 5.26 Å². The molecule has 4 nitrogen and oxygen atoms in total. The second kappa shape index (κ2) is 7.44. The molecule has 0 amide bonds. The number of nitrogens with zero attached hydrogens (tertiary/aromatic N) is 3.